The molecule has 3 rings (SSSR count). The van der Waals surface area contributed by atoms with Crippen LogP contribution >= 0.6 is 0 Å². The maximum atomic E-state index is 13.1. The van der Waals surface area contributed by atoms with E-state index in [2.05, 4.69) is 5.32 Å². The van der Waals surface area contributed by atoms with Crippen molar-refractivity contribution < 1.29 is 32.0 Å². The lowest BCUT2D eigenvalue weighted by Crippen LogP contribution is -2.41. The van der Waals surface area contributed by atoms with Gasteiger partial charge in [0.1, 0.15) is 6.61 Å². The van der Waals surface area contributed by atoms with Crippen LogP contribution in [0.1, 0.15) is 44.4 Å². The van der Waals surface area contributed by atoms with Crippen LogP contribution in [0.2, 0.25) is 0 Å². The smallest absolute Gasteiger partial charge is 0.445 e. The zero-order valence-electron chi connectivity index (χ0n) is 19.0. The molecule has 1 heterocycles. The number of halogens is 3. The van der Waals surface area contributed by atoms with Crippen LogP contribution < -0.4 is 5.32 Å². The van der Waals surface area contributed by atoms with Gasteiger partial charge in [-0.15, -0.1) is 0 Å². The molecule has 1 aliphatic rings. The molecular formula is C24H27BF3NO4. The highest BCUT2D eigenvalue weighted by atomic mass is 19.4. The maximum Gasteiger partial charge on any atom is 0.492 e. The number of carbonyl (C=O) groups excluding carboxylic acids is 1. The van der Waals surface area contributed by atoms with Gasteiger partial charge in [-0.2, -0.15) is 13.2 Å². The molecule has 176 valence electrons. The Bertz CT molecular complexity index is 990. The number of amides is 1. The highest BCUT2D eigenvalue weighted by Crippen LogP contribution is 2.39. The Hall–Kier alpha value is -2.78. The van der Waals surface area contributed by atoms with Gasteiger partial charge < -0.3 is 19.4 Å². The number of carbonyl (C=O) groups is 1. The third-order valence-corrected chi connectivity index (χ3v) is 5.77. The summed E-state index contributed by atoms with van der Waals surface area (Å²) >= 11 is 0. The Morgan fingerprint density at radius 2 is 1.67 bits per heavy atom. The van der Waals surface area contributed by atoms with E-state index in [1.807, 2.05) is 58.0 Å². The number of nitrogens with one attached hydrogen (secondary N) is 1. The quantitative estimate of drug-likeness (QED) is 0.566. The number of rotatable bonds is 6. The summed E-state index contributed by atoms with van der Waals surface area (Å²) < 4.78 is 56.8. The molecule has 9 heteroatoms. The van der Waals surface area contributed by atoms with E-state index in [1.54, 1.807) is 6.07 Å². The van der Waals surface area contributed by atoms with Crippen molar-refractivity contribution in [2.75, 3.05) is 6.54 Å². The summed E-state index contributed by atoms with van der Waals surface area (Å²) in [7, 11) is -0.848. The van der Waals surface area contributed by atoms with Gasteiger partial charge in [0.2, 0.25) is 0 Å². The monoisotopic (exact) mass is 461 g/mol. The molecule has 1 N–H and O–H groups in total. The Labute approximate surface area is 192 Å². The maximum absolute atomic E-state index is 13.1. The zero-order chi connectivity index (χ0) is 24.3. The highest BCUT2D eigenvalue weighted by Gasteiger charge is 2.52. The molecule has 0 aliphatic carbocycles. The molecule has 0 saturated carbocycles. The van der Waals surface area contributed by atoms with Crippen LogP contribution in [0, 0.1) is 0 Å². The van der Waals surface area contributed by atoms with Gasteiger partial charge in [-0.1, -0.05) is 48.5 Å². The first-order chi connectivity index (χ1) is 15.4. The SMILES string of the molecule is CC1(C)OB(C(=Cc2cccc(C(F)(F)F)c2)CNC(=O)OCc2ccccc2)OC1(C)C. The van der Waals surface area contributed by atoms with E-state index in [0.29, 0.717) is 11.0 Å². The van der Waals surface area contributed by atoms with Gasteiger partial charge in [-0.3, -0.25) is 0 Å². The molecule has 1 aliphatic heterocycles. The minimum absolute atomic E-state index is 0.0271. The molecule has 5 nitrogen and oxygen atoms in total. The summed E-state index contributed by atoms with van der Waals surface area (Å²) in [6.07, 6.45) is -3.59. The first-order valence-corrected chi connectivity index (χ1v) is 10.6. The second-order valence-electron chi connectivity index (χ2n) is 8.85. The van der Waals surface area contributed by atoms with Crippen molar-refractivity contribution in [1.82, 2.24) is 5.32 Å². The van der Waals surface area contributed by atoms with Crippen molar-refractivity contribution in [3.05, 3.63) is 76.8 Å². The van der Waals surface area contributed by atoms with E-state index >= 15 is 0 Å². The Morgan fingerprint density at radius 1 is 1.03 bits per heavy atom. The summed E-state index contributed by atoms with van der Waals surface area (Å²) in [5, 5.41) is 2.64. The number of hydrogen-bond donors (Lipinski definition) is 1. The first kappa shape index (κ1) is 24.9. The van der Waals surface area contributed by atoms with Crippen LogP contribution in [-0.4, -0.2) is 31.0 Å². The molecule has 33 heavy (non-hydrogen) atoms. The minimum Gasteiger partial charge on any atom is -0.445 e. The zero-order valence-corrected chi connectivity index (χ0v) is 19.0. The Kier molecular flexibility index (Phi) is 7.24. The number of alkyl halides is 3. The fourth-order valence-electron chi connectivity index (χ4n) is 3.16. The molecule has 0 atom stereocenters. The first-order valence-electron chi connectivity index (χ1n) is 10.6. The lowest BCUT2D eigenvalue weighted by atomic mass is 9.77. The summed E-state index contributed by atoms with van der Waals surface area (Å²) in [4.78, 5) is 12.2. The molecule has 1 amide bonds. The molecular weight excluding hydrogens is 434 g/mol. The van der Waals surface area contributed by atoms with E-state index in [9.17, 15) is 18.0 Å². The second kappa shape index (κ2) is 9.61. The fraction of sp³-hybridized carbons (Fsp3) is 0.375. The summed E-state index contributed by atoms with van der Waals surface area (Å²) in [6, 6.07) is 14.1. The van der Waals surface area contributed by atoms with Crippen molar-refractivity contribution in [3.63, 3.8) is 0 Å². The van der Waals surface area contributed by atoms with Gasteiger partial charge in [-0.05, 0) is 56.4 Å². The van der Waals surface area contributed by atoms with Gasteiger partial charge in [0.15, 0.2) is 0 Å². The minimum atomic E-state index is -4.46. The molecule has 0 radical (unpaired) electrons. The lowest BCUT2D eigenvalue weighted by molar-refractivity contribution is -0.137. The van der Waals surface area contributed by atoms with Crippen LogP contribution in [-0.2, 0) is 26.8 Å². The fourth-order valence-corrected chi connectivity index (χ4v) is 3.16. The Balaban J connectivity index is 1.78. The third-order valence-electron chi connectivity index (χ3n) is 5.77. The molecule has 0 spiro atoms. The molecule has 2 aromatic rings. The van der Waals surface area contributed by atoms with Crippen LogP contribution in [0.3, 0.4) is 0 Å². The number of hydrogen-bond acceptors (Lipinski definition) is 4. The van der Waals surface area contributed by atoms with Crippen LogP contribution in [0.15, 0.2) is 60.1 Å². The second-order valence-corrected chi connectivity index (χ2v) is 8.85. The largest absolute Gasteiger partial charge is 0.492 e. The molecule has 0 unspecified atom stereocenters. The van der Waals surface area contributed by atoms with Crippen LogP contribution in [0.25, 0.3) is 6.08 Å². The Morgan fingerprint density at radius 3 is 2.27 bits per heavy atom. The molecule has 0 aromatic heterocycles. The van der Waals surface area contributed by atoms with E-state index in [1.165, 1.54) is 12.1 Å². The highest BCUT2D eigenvalue weighted by molar-refractivity contribution is 6.56. The summed E-state index contributed by atoms with van der Waals surface area (Å²) in [5.74, 6) is 0. The topological polar surface area (TPSA) is 56.8 Å². The van der Waals surface area contributed by atoms with Gasteiger partial charge in [0, 0.05) is 6.54 Å². The van der Waals surface area contributed by atoms with Crippen LogP contribution in [0.5, 0.6) is 0 Å². The van der Waals surface area contributed by atoms with E-state index < -0.39 is 36.2 Å². The average Bonchev–Trinajstić information content (AvgIpc) is 2.96. The van der Waals surface area contributed by atoms with E-state index in [-0.39, 0.29) is 13.2 Å². The van der Waals surface area contributed by atoms with E-state index in [4.69, 9.17) is 14.0 Å². The normalized spacial score (nSPS) is 17.7. The molecule has 1 saturated heterocycles. The lowest BCUT2D eigenvalue weighted by Gasteiger charge is -2.32. The van der Waals surface area contributed by atoms with Crippen molar-refractivity contribution in [2.45, 2.75) is 51.7 Å². The van der Waals surface area contributed by atoms with Crippen molar-refractivity contribution in [2.24, 2.45) is 0 Å². The molecule has 1 fully saturated rings. The predicted molar refractivity (Wildman–Crippen MR) is 120 cm³/mol. The number of alkyl carbamates (subject to hydrolysis) is 1. The van der Waals surface area contributed by atoms with Crippen molar-refractivity contribution >= 4 is 19.3 Å². The van der Waals surface area contributed by atoms with Crippen molar-refractivity contribution in [1.29, 1.82) is 0 Å². The third kappa shape index (κ3) is 6.39. The molecule has 0 bridgehead atoms. The van der Waals surface area contributed by atoms with Crippen LogP contribution in [0.4, 0.5) is 18.0 Å². The van der Waals surface area contributed by atoms with Gasteiger partial charge in [-0.25, -0.2) is 4.79 Å². The standard InChI is InChI=1S/C24H27BF3NO4/c1-22(2)23(3,4)33-25(32-22)20(14-18-11-8-12-19(13-18)24(26,27)28)15-29-21(30)31-16-17-9-6-5-7-10-17/h5-14H,15-16H2,1-4H3,(H,29,30). The number of ether oxygens (including phenoxy) is 1. The summed E-state index contributed by atoms with van der Waals surface area (Å²) in [6.45, 7) is 7.55. The van der Waals surface area contributed by atoms with Gasteiger partial charge >= 0.3 is 19.4 Å². The van der Waals surface area contributed by atoms with E-state index in [0.717, 1.165) is 17.7 Å². The average molecular weight is 461 g/mol. The van der Waals surface area contributed by atoms with Gasteiger partial charge in [0.05, 0.1) is 16.8 Å². The molecule has 2 aromatic carbocycles. The number of benzene rings is 2. The summed E-state index contributed by atoms with van der Waals surface area (Å²) in [5.41, 5.74) is -0.465. The van der Waals surface area contributed by atoms with Crippen molar-refractivity contribution in [3.8, 4) is 0 Å². The van der Waals surface area contributed by atoms with Gasteiger partial charge in [0.25, 0.3) is 0 Å². The predicted octanol–water partition coefficient (Wildman–Crippen LogP) is 5.65.